The van der Waals surface area contributed by atoms with Gasteiger partial charge in [-0.1, -0.05) is 12.8 Å². The van der Waals surface area contributed by atoms with Crippen LogP contribution in [0.5, 0.6) is 0 Å². The lowest BCUT2D eigenvalue weighted by molar-refractivity contribution is -0.0380. The molecule has 0 radical (unpaired) electrons. The first kappa shape index (κ1) is 19.2. The molecule has 2 aliphatic rings. The van der Waals surface area contributed by atoms with E-state index in [1.807, 2.05) is 0 Å². The summed E-state index contributed by atoms with van der Waals surface area (Å²) in [4.78, 5) is 0. The van der Waals surface area contributed by atoms with Crippen molar-refractivity contribution in [3.63, 3.8) is 0 Å². The highest BCUT2D eigenvalue weighted by Gasteiger charge is 2.54. The molecule has 0 atom stereocenters. The van der Waals surface area contributed by atoms with Gasteiger partial charge in [-0.15, -0.1) is 0 Å². The van der Waals surface area contributed by atoms with Gasteiger partial charge >= 0.3 is 7.12 Å². The lowest BCUT2D eigenvalue weighted by Crippen LogP contribution is -2.41. The van der Waals surface area contributed by atoms with Gasteiger partial charge in [0.1, 0.15) is 0 Å². The first-order valence-electron chi connectivity index (χ1n) is 9.26. The predicted molar refractivity (Wildman–Crippen MR) is 93.7 cm³/mol. The van der Waals surface area contributed by atoms with Crippen molar-refractivity contribution >= 4 is 7.12 Å². The van der Waals surface area contributed by atoms with E-state index in [0.717, 1.165) is 52.1 Å². The van der Waals surface area contributed by atoms with Gasteiger partial charge in [-0.3, -0.25) is 0 Å². The fraction of sp³-hybridized carbons (Fsp3) is 1.00. The maximum atomic E-state index is 6.25. The quantitative estimate of drug-likeness (QED) is 0.661. The standard InChI is InChI=1S/C18H35BO4/c1-7-20-13-18(14-21-8-2)11-9-15(10-12-18)19-22-16(3,4)17(5,6)23-19/h15H,7-14H2,1-6H3. The highest BCUT2D eigenvalue weighted by Crippen LogP contribution is 2.48. The summed E-state index contributed by atoms with van der Waals surface area (Å²) in [6.45, 7) is 15.8. The molecule has 2 rings (SSSR count). The molecule has 1 aliphatic heterocycles. The number of ether oxygens (including phenoxy) is 2. The summed E-state index contributed by atoms with van der Waals surface area (Å²) < 4.78 is 24.0. The van der Waals surface area contributed by atoms with Crippen molar-refractivity contribution in [2.75, 3.05) is 26.4 Å². The molecule has 0 spiro atoms. The zero-order valence-corrected chi connectivity index (χ0v) is 15.9. The second-order valence-corrected chi connectivity index (χ2v) is 8.24. The van der Waals surface area contributed by atoms with Crippen LogP contribution in [0.4, 0.5) is 0 Å². The van der Waals surface area contributed by atoms with Crippen LogP contribution in [0.2, 0.25) is 5.82 Å². The highest BCUT2D eigenvalue weighted by atomic mass is 16.7. The van der Waals surface area contributed by atoms with Gasteiger partial charge in [-0.25, -0.2) is 0 Å². The summed E-state index contributed by atoms with van der Waals surface area (Å²) in [6.07, 6.45) is 4.50. The minimum atomic E-state index is -0.233. The third-order valence-corrected chi connectivity index (χ3v) is 5.97. The van der Waals surface area contributed by atoms with E-state index in [0.29, 0.717) is 5.82 Å². The van der Waals surface area contributed by atoms with Crippen LogP contribution in [-0.4, -0.2) is 44.7 Å². The molecule has 0 N–H and O–H groups in total. The Morgan fingerprint density at radius 3 is 1.70 bits per heavy atom. The van der Waals surface area contributed by atoms with Gasteiger partial charge in [0.2, 0.25) is 0 Å². The van der Waals surface area contributed by atoms with Crippen LogP contribution in [-0.2, 0) is 18.8 Å². The van der Waals surface area contributed by atoms with Crippen LogP contribution in [0.1, 0.15) is 67.2 Å². The smallest absolute Gasteiger partial charge is 0.403 e. The zero-order valence-electron chi connectivity index (χ0n) is 15.9. The first-order chi connectivity index (χ1) is 10.8. The average Bonchev–Trinajstić information content (AvgIpc) is 2.72. The van der Waals surface area contributed by atoms with Gasteiger partial charge in [-0.2, -0.15) is 0 Å². The topological polar surface area (TPSA) is 36.9 Å². The molecule has 1 aliphatic carbocycles. The molecule has 0 aromatic rings. The molecular formula is C18H35BO4. The molecule has 134 valence electrons. The minimum Gasteiger partial charge on any atom is -0.403 e. The predicted octanol–water partition coefficient (Wildman–Crippen LogP) is 4.08. The maximum absolute atomic E-state index is 6.25. The van der Waals surface area contributed by atoms with Crippen LogP contribution < -0.4 is 0 Å². The Morgan fingerprint density at radius 2 is 1.30 bits per heavy atom. The van der Waals surface area contributed by atoms with Crippen molar-refractivity contribution in [1.82, 2.24) is 0 Å². The Kier molecular flexibility index (Phi) is 6.21. The third kappa shape index (κ3) is 4.30. The van der Waals surface area contributed by atoms with E-state index in [-0.39, 0.29) is 23.7 Å². The van der Waals surface area contributed by atoms with Crippen molar-refractivity contribution in [2.24, 2.45) is 5.41 Å². The van der Waals surface area contributed by atoms with E-state index in [2.05, 4.69) is 41.5 Å². The summed E-state index contributed by atoms with van der Waals surface area (Å²) in [5.74, 6) is 0.479. The van der Waals surface area contributed by atoms with E-state index >= 15 is 0 Å². The van der Waals surface area contributed by atoms with Crippen molar-refractivity contribution in [3.05, 3.63) is 0 Å². The van der Waals surface area contributed by atoms with Crippen LogP contribution in [0.15, 0.2) is 0 Å². The molecule has 0 amide bonds. The zero-order chi connectivity index (χ0) is 17.1. The van der Waals surface area contributed by atoms with Gasteiger partial charge in [0, 0.05) is 18.6 Å². The lowest BCUT2D eigenvalue weighted by atomic mass is 9.59. The van der Waals surface area contributed by atoms with Gasteiger partial charge < -0.3 is 18.8 Å². The van der Waals surface area contributed by atoms with Gasteiger partial charge in [-0.05, 0) is 60.2 Å². The Morgan fingerprint density at radius 1 is 0.870 bits per heavy atom. The summed E-state index contributed by atoms with van der Waals surface area (Å²) in [5, 5.41) is 0. The number of rotatable bonds is 7. The minimum absolute atomic E-state index is 0.0720. The highest BCUT2D eigenvalue weighted by molar-refractivity contribution is 6.47. The van der Waals surface area contributed by atoms with Crippen LogP contribution in [0, 0.1) is 5.41 Å². The number of hydrogen-bond donors (Lipinski definition) is 0. The summed E-state index contributed by atoms with van der Waals surface area (Å²) in [7, 11) is -0.0720. The molecule has 0 unspecified atom stereocenters. The lowest BCUT2D eigenvalue weighted by Gasteiger charge is -2.40. The second kappa shape index (κ2) is 7.43. The van der Waals surface area contributed by atoms with Crippen LogP contribution >= 0.6 is 0 Å². The molecule has 5 heteroatoms. The normalized spacial score (nSPS) is 26.6. The first-order valence-corrected chi connectivity index (χ1v) is 9.26. The van der Waals surface area contributed by atoms with Crippen LogP contribution in [0.3, 0.4) is 0 Å². The van der Waals surface area contributed by atoms with E-state index < -0.39 is 0 Å². The summed E-state index contributed by atoms with van der Waals surface area (Å²) in [6, 6.07) is 0. The van der Waals surface area contributed by atoms with Gasteiger partial charge in [0.15, 0.2) is 0 Å². The number of hydrogen-bond acceptors (Lipinski definition) is 4. The Labute approximate surface area is 142 Å². The fourth-order valence-electron chi connectivity index (χ4n) is 3.57. The van der Waals surface area contributed by atoms with Gasteiger partial charge in [0.25, 0.3) is 0 Å². The molecule has 0 bridgehead atoms. The third-order valence-electron chi connectivity index (χ3n) is 5.97. The molecule has 0 aromatic heterocycles. The molecular weight excluding hydrogens is 291 g/mol. The molecule has 23 heavy (non-hydrogen) atoms. The molecule has 1 heterocycles. The SMILES string of the molecule is CCOCC1(COCC)CCC(B2OC(C)(C)C(C)(C)O2)CC1. The molecule has 1 saturated heterocycles. The molecule has 0 aromatic carbocycles. The Bertz CT molecular complexity index is 349. The molecule has 1 saturated carbocycles. The van der Waals surface area contributed by atoms with Crippen LogP contribution in [0.25, 0.3) is 0 Å². The van der Waals surface area contributed by atoms with E-state index in [4.69, 9.17) is 18.8 Å². The van der Waals surface area contributed by atoms with E-state index in [1.54, 1.807) is 0 Å². The van der Waals surface area contributed by atoms with E-state index in [1.165, 1.54) is 0 Å². The van der Waals surface area contributed by atoms with Crippen molar-refractivity contribution in [1.29, 1.82) is 0 Å². The second-order valence-electron chi connectivity index (χ2n) is 8.24. The fourth-order valence-corrected chi connectivity index (χ4v) is 3.57. The summed E-state index contributed by atoms with van der Waals surface area (Å²) >= 11 is 0. The van der Waals surface area contributed by atoms with Crippen molar-refractivity contribution in [2.45, 2.75) is 84.2 Å². The maximum Gasteiger partial charge on any atom is 0.461 e. The average molecular weight is 326 g/mol. The van der Waals surface area contributed by atoms with E-state index in [9.17, 15) is 0 Å². The monoisotopic (exact) mass is 326 g/mol. The molecule has 4 nitrogen and oxygen atoms in total. The van der Waals surface area contributed by atoms with Crippen molar-refractivity contribution < 1.29 is 18.8 Å². The largest absolute Gasteiger partial charge is 0.461 e. The van der Waals surface area contributed by atoms with Gasteiger partial charge in [0.05, 0.1) is 24.4 Å². The molecule has 2 fully saturated rings. The van der Waals surface area contributed by atoms with Crippen molar-refractivity contribution in [3.8, 4) is 0 Å². The Hall–Kier alpha value is -0.0951. The summed E-state index contributed by atoms with van der Waals surface area (Å²) in [5.41, 5.74) is -0.294. The Balaban J connectivity index is 1.94.